The van der Waals surface area contributed by atoms with E-state index in [1.807, 2.05) is 0 Å². The van der Waals surface area contributed by atoms with Crippen molar-refractivity contribution in [2.45, 2.75) is 51.7 Å². The third-order valence-corrected chi connectivity index (χ3v) is 4.00. The van der Waals surface area contributed by atoms with Crippen LogP contribution >= 0.6 is 0 Å². The summed E-state index contributed by atoms with van der Waals surface area (Å²) in [6.07, 6.45) is 3.12. The number of carbonyl (C=O) groups is 2. The number of nitro groups is 1. The fourth-order valence-electron chi connectivity index (χ4n) is 2.60. The predicted octanol–water partition coefficient (Wildman–Crippen LogP) is 2.51. The molecule has 1 aromatic rings. The molecule has 1 aromatic carbocycles. The van der Waals surface area contributed by atoms with Crippen LogP contribution in [0.3, 0.4) is 0 Å². The highest BCUT2D eigenvalue weighted by Gasteiger charge is 2.24. The maximum Gasteiger partial charge on any atom is 0.339 e. The summed E-state index contributed by atoms with van der Waals surface area (Å²) in [7, 11) is 0. The van der Waals surface area contributed by atoms with Gasteiger partial charge in [-0.2, -0.15) is 0 Å². The minimum absolute atomic E-state index is 0.0582. The van der Waals surface area contributed by atoms with Gasteiger partial charge in [0.05, 0.1) is 10.5 Å². The van der Waals surface area contributed by atoms with Crippen LogP contribution in [0.4, 0.5) is 5.69 Å². The molecule has 0 aromatic heterocycles. The van der Waals surface area contributed by atoms with Crippen molar-refractivity contribution in [2.24, 2.45) is 0 Å². The van der Waals surface area contributed by atoms with Gasteiger partial charge in [-0.1, -0.05) is 18.9 Å². The molecule has 1 amide bonds. The number of rotatable bonds is 5. The lowest BCUT2D eigenvalue weighted by Gasteiger charge is -2.17. The Morgan fingerprint density at radius 1 is 1.35 bits per heavy atom. The number of carbonyl (C=O) groups excluding carboxylic acids is 2. The van der Waals surface area contributed by atoms with Crippen LogP contribution in [-0.4, -0.2) is 28.9 Å². The number of benzene rings is 1. The maximum absolute atomic E-state index is 12.1. The molecule has 0 spiro atoms. The number of nitro benzene ring substituents is 1. The largest absolute Gasteiger partial charge is 0.449 e. The van der Waals surface area contributed by atoms with Crippen molar-refractivity contribution in [3.8, 4) is 0 Å². The minimum atomic E-state index is -0.941. The number of aryl methyl sites for hydroxylation is 1. The highest BCUT2D eigenvalue weighted by molar-refractivity contribution is 5.93. The molecule has 124 valence electrons. The first-order chi connectivity index (χ1) is 10.9. The second-order valence-corrected chi connectivity index (χ2v) is 5.80. The molecule has 2 rings (SSSR count). The third-order valence-electron chi connectivity index (χ3n) is 4.00. The molecule has 0 heterocycles. The summed E-state index contributed by atoms with van der Waals surface area (Å²) in [6.45, 7) is 3.08. The maximum atomic E-state index is 12.1. The zero-order valence-electron chi connectivity index (χ0n) is 13.2. The number of amides is 1. The minimum Gasteiger partial charge on any atom is -0.449 e. The van der Waals surface area contributed by atoms with Gasteiger partial charge in [-0.15, -0.1) is 0 Å². The van der Waals surface area contributed by atoms with Crippen LogP contribution in [0.1, 0.15) is 48.5 Å². The van der Waals surface area contributed by atoms with Gasteiger partial charge in [0.2, 0.25) is 0 Å². The number of hydrogen-bond donors (Lipinski definition) is 1. The van der Waals surface area contributed by atoms with Gasteiger partial charge in [0, 0.05) is 17.7 Å². The molecule has 1 atom stereocenters. The summed E-state index contributed by atoms with van der Waals surface area (Å²) in [5, 5.41) is 13.8. The van der Waals surface area contributed by atoms with Gasteiger partial charge < -0.3 is 10.1 Å². The number of esters is 1. The molecule has 7 nitrogen and oxygen atoms in total. The average Bonchev–Trinajstić information content (AvgIpc) is 3.00. The van der Waals surface area contributed by atoms with Gasteiger partial charge in [0.15, 0.2) is 6.10 Å². The van der Waals surface area contributed by atoms with Crippen LogP contribution in [0.2, 0.25) is 0 Å². The van der Waals surface area contributed by atoms with Crippen LogP contribution in [0.25, 0.3) is 0 Å². The van der Waals surface area contributed by atoms with Crippen LogP contribution in [0, 0.1) is 17.0 Å². The second-order valence-electron chi connectivity index (χ2n) is 5.80. The van der Waals surface area contributed by atoms with Gasteiger partial charge in [0.1, 0.15) is 0 Å². The van der Waals surface area contributed by atoms with Gasteiger partial charge in [-0.05, 0) is 32.8 Å². The fraction of sp³-hybridized carbons (Fsp3) is 0.500. The van der Waals surface area contributed by atoms with E-state index < -0.39 is 17.0 Å². The molecule has 1 aliphatic rings. The normalized spacial score (nSPS) is 15.9. The molecule has 1 saturated carbocycles. The molecule has 0 aliphatic heterocycles. The number of nitrogens with one attached hydrogen (secondary N) is 1. The molecule has 1 aliphatic carbocycles. The first kappa shape index (κ1) is 16.9. The molecular formula is C16H20N2O5. The van der Waals surface area contributed by atoms with Crippen molar-refractivity contribution in [2.75, 3.05) is 0 Å². The Kier molecular flexibility index (Phi) is 5.31. The number of ether oxygens (including phenoxy) is 1. The van der Waals surface area contributed by atoms with E-state index in [2.05, 4.69) is 5.32 Å². The van der Waals surface area contributed by atoms with Gasteiger partial charge in [-0.25, -0.2) is 4.79 Å². The van der Waals surface area contributed by atoms with Gasteiger partial charge in [0.25, 0.3) is 11.6 Å². The highest BCUT2D eigenvalue weighted by Crippen LogP contribution is 2.20. The lowest BCUT2D eigenvalue weighted by Crippen LogP contribution is -2.40. The Labute approximate surface area is 134 Å². The first-order valence-corrected chi connectivity index (χ1v) is 7.65. The summed E-state index contributed by atoms with van der Waals surface area (Å²) < 4.78 is 5.11. The molecule has 1 N–H and O–H groups in total. The summed E-state index contributed by atoms with van der Waals surface area (Å²) >= 11 is 0. The van der Waals surface area contributed by atoms with Crippen LogP contribution in [0.15, 0.2) is 18.2 Å². The molecule has 1 fully saturated rings. The molecule has 0 unspecified atom stereocenters. The van der Waals surface area contributed by atoms with Crippen molar-refractivity contribution in [1.82, 2.24) is 5.32 Å². The smallest absolute Gasteiger partial charge is 0.339 e. The molecule has 0 radical (unpaired) electrons. The SMILES string of the molecule is Cc1ccc(C(=O)O[C@H](C)C(=O)NC2CCCC2)cc1[N+](=O)[O-]. The quantitative estimate of drug-likeness (QED) is 0.510. The Morgan fingerprint density at radius 3 is 2.61 bits per heavy atom. The monoisotopic (exact) mass is 320 g/mol. The Morgan fingerprint density at radius 2 is 2.00 bits per heavy atom. The summed E-state index contributed by atoms with van der Waals surface area (Å²) in [6, 6.07) is 4.24. The summed E-state index contributed by atoms with van der Waals surface area (Å²) in [5.74, 6) is -1.09. The van der Waals surface area contributed by atoms with E-state index in [1.54, 1.807) is 6.92 Å². The number of hydrogen-bond acceptors (Lipinski definition) is 5. The zero-order chi connectivity index (χ0) is 17.0. The average molecular weight is 320 g/mol. The lowest BCUT2D eigenvalue weighted by molar-refractivity contribution is -0.385. The van der Waals surface area contributed by atoms with Crippen LogP contribution < -0.4 is 5.32 Å². The van der Waals surface area contributed by atoms with Crippen molar-refractivity contribution in [3.05, 3.63) is 39.4 Å². The van der Waals surface area contributed by atoms with E-state index in [1.165, 1.54) is 25.1 Å². The standard InChI is InChI=1S/C16H20N2O5/c1-10-7-8-12(9-14(10)18(21)22)16(20)23-11(2)15(19)17-13-5-3-4-6-13/h7-9,11,13H,3-6H2,1-2H3,(H,17,19)/t11-/m1/s1. The lowest BCUT2D eigenvalue weighted by atomic mass is 10.1. The van der Waals surface area contributed by atoms with Crippen molar-refractivity contribution >= 4 is 17.6 Å². The third kappa shape index (κ3) is 4.28. The van der Waals surface area contributed by atoms with Gasteiger partial charge in [-0.3, -0.25) is 14.9 Å². The summed E-state index contributed by atoms with van der Waals surface area (Å²) in [4.78, 5) is 34.4. The molecule has 0 saturated heterocycles. The van der Waals surface area contributed by atoms with Gasteiger partial charge >= 0.3 is 5.97 Å². The van der Waals surface area contributed by atoms with E-state index in [4.69, 9.17) is 4.74 Å². The van der Waals surface area contributed by atoms with E-state index in [0.29, 0.717) is 5.56 Å². The van der Waals surface area contributed by atoms with Crippen LogP contribution in [0.5, 0.6) is 0 Å². The van der Waals surface area contributed by atoms with E-state index >= 15 is 0 Å². The molecule has 7 heteroatoms. The van der Waals surface area contributed by atoms with Crippen molar-refractivity contribution in [3.63, 3.8) is 0 Å². The van der Waals surface area contributed by atoms with E-state index in [0.717, 1.165) is 25.7 Å². The second kappa shape index (κ2) is 7.21. The number of nitrogens with zero attached hydrogens (tertiary/aromatic N) is 1. The Balaban J connectivity index is 1.99. The summed E-state index contributed by atoms with van der Waals surface area (Å²) in [5.41, 5.74) is 0.365. The highest BCUT2D eigenvalue weighted by atomic mass is 16.6. The topological polar surface area (TPSA) is 98.5 Å². The van der Waals surface area contributed by atoms with E-state index in [9.17, 15) is 19.7 Å². The zero-order valence-corrected chi connectivity index (χ0v) is 13.2. The van der Waals surface area contributed by atoms with E-state index in [-0.39, 0.29) is 23.2 Å². The fourth-order valence-corrected chi connectivity index (χ4v) is 2.60. The first-order valence-electron chi connectivity index (χ1n) is 7.65. The molecule has 0 bridgehead atoms. The Bertz CT molecular complexity index is 623. The van der Waals surface area contributed by atoms with Crippen LogP contribution in [-0.2, 0) is 9.53 Å². The van der Waals surface area contributed by atoms with Crippen molar-refractivity contribution < 1.29 is 19.2 Å². The Hall–Kier alpha value is -2.44. The van der Waals surface area contributed by atoms with Crippen molar-refractivity contribution in [1.29, 1.82) is 0 Å². The predicted molar refractivity (Wildman–Crippen MR) is 83.1 cm³/mol. The molecule has 23 heavy (non-hydrogen) atoms. The molecular weight excluding hydrogens is 300 g/mol.